The van der Waals surface area contributed by atoms with Gasteiger partial charge in [0.2, 0.25) is 5.75 Å². The first-order valence-corrected chi connectivity index (χ1v) is 5.64. The molecule has 92 valence electrons. The molecule has 1 aromatic rings. The molecule has 0 radical (unpaired) electrons. The molecular weight excluding hydrogens is 218 g/mol. The van der Waals surface area contributed by atoms with Crippen molar-refractivity contribution in [2.75, 3.05) is 33.9 Å². The van der Waals surface area contributed by atoms with Crippen molar-refractivity contribution in [1.82, 2.24) is 5.32 Å². The SMILES string of the molecule is CNCC=Cc1cc(OC)c2c(c1)OCCO2. The van der Waals surface area contributed by atoms with Gasteiger partial charge in [-0.1, -0.05) is 12.2 Å². The van der Waals surface area contributed by atoms with E-state index in [0.717, 1.165) is 17.9 Å². The van der Waals surface area contributed by atoms with E-state index < -0.39 is 0 Å². The van der Waals surface area contributed by atoms with E-state index in [1.807, 2.05) is 31.3 Å². The van der Waals surface area contributed by atoms with Gasteiger partial charge in [0.25, 0.3) is 0 Å². The first-order chi connectivity index (χ1) is 8.35. The molecule has 0 bridgehead atoms. The quantitative estimate of drug-likeness (QED) is 0.862. The number of methoxy groups -OCH3 is 1. The first kappa shape index (κ1) is 11.8. The van der Waals surface area contributed by atoms with Gasteiger partial charge in [-0.25, -0.2) is 0 Å². The van der Waals surface area contributed by atoms with Gasteiger partial charge in [-0.15, -0.1) is 0 Å². The Morgan fingerprint density at radius 2 is 2.18 bits per heavy atom. The standard InChI is InChI=1S/C13H17NO3/c1-14-5-3-4-10-8-11(15-2)13-12(9-10)16-6-7-17-13/h3-4,8-9,14H,5-7H2,1-2H3. The summed E-state index contributed by atoms with van der Waals surface area (Å²) in [6.45, 7) is 1.98. The number of likely N-dealkylation sites (N-methyl/N-ethyl adjacent to an activating group) is 1. The maximum absolute atomic E-state index is 5.56. The third-order valence-electron chi connectivity index (χ3n) is 2.48. The highest BCUT2D eigenvalue weighted by Gasteiger charge is 2.17. The van der Waals surface area contributed by atoms with Gasteiger partial charge in [0.05, 0.1) is 7.11 Å². The van der Waals surface area contributed by atoms with E-state index in [4.69, 9.17) is 14.2 Å². The number of hydrogen-bond donors (Lipinski definition) is 1. The highest BCUT2D eigenvalue weighted by atomic mass is 16.6. The second-order valence-electron chi connectivity index (χ2n) is 3.71. The van der Waals surface area contributed by atoms with Crippen LogP contribution in [0.15, 0.2) is 18.2 Å². The Morgan fingerprint density at radius 3 is 2.94 bits per heavy atom. The van der Waals surface area contributed by atoms with Gasteiger partial charge >= 0.3 is 0 Å². The molecular formula is C13H17NO3. The topological polar surface area (TPSA) is 39.7 Å². The van der Waals surface area contributed by atoms with Crippen molar-refractivity contribution in [2.24, 2.45) is 0 Å². The smallest absolute Gasteiger partial charge is 0.203 e. The van der Waals surface area contributed by atoms with Crippen LogP contribution in [-0.2, 0) is 0 Å². The summed E-state index contributed by atoms with van der Waals surface area (Å²) in [5.74, 6) is 2.16. The molecule has 4 nitrogen and oxygen atoms in total. The lowest BCUT2D eigenvalue weighted by Crippen LogP contribution is -2.16. The lowest BCUT2D eigenvalue weighted by Gasteiger charge is -2.20. The Hall–Kier alpha value is -1.68. The van der Waals surface area contributed by atoms with Crippen LogP contribution in [0.1, 0.15) is 5.56 Å². The fraction of sp³-hybridized carbons (Fsp3) is 0.385. The molecule has 2 rings (SSSR count). The molecule has 1 aliphatic heterocycles. The van der Waals surface area contributed by atoms with Gasteiger partial charge in [0, 0.05) is 6.54 Å². The molecule has 0 amide bonds. The Balaban J connectivity index is 2.29. The maximum atomic E-state index is 5.56. The molecule has 0 atom stereocenters. The van der Waals surface area contributed by atoms with Crippen LogP contribution in [0.25, 0.3) is 6.08 Å². The molecule has 0 fully saturated rings. The van der Waals surface area contributed by atoms with E-state index >= 15 is 0 Å². The van der Waals surface area contributed by atoms with E-state index in [2.05, 4.69) is 5.32 Å². The highest BCUT2D eigenvalue weighted by molar-refractivity contribution is 5.62. The van der Waals surface area contributed by atoms with Crippen LogP contribution in [0.5, 0.6) is 17.2 Å². The maximum Gasteiger partial charge on any atom is 0.203 e. The van der Waals surface area contributed by atoms with E-state index in [1.165, 1.54) is 0 Å². The van der Waals surface area contributed by atoms with Crippen molar-refractivity contribution in [2.45, 2.75) is 0 Å². The number of nitrogens with one attached hydrogen (secondary N) is 1. The zero-order chi connectivity index (χ0) is 12.1. The summed E-state index contributed by atoms with van der Waals surface area (Å²) in [7, 11) is 3.55. The summed E-state index contributed by atoms with van der Waals surface area (Å²) in [6.07, 6.45) is 4.07. The minimum Gasteiger partial charge on any atom is -0.493 e. The second kappa shape index (κ2) is 5.59. The van der Waals surface area contributed by atoms with Gasteiger partial charge in [-0.3, -0.25) is 0 Å². The lowest BCUT2D eigenvalue weighted by atomic mass is 10.1. The zero-order valence-electron chi connectivity index (χ0n) is 10.2. The van der Waals surface area contributed by atoms with Crippen molar-refractivity contribution in [3.63, 3.8) is 0 Å². The highest BCUT2D eigenvalue weighted by Crippen LogP contribution is 2.40. The molecule has 1 aliphatic rings. The van der Waals surface area contributed by atoms with E-state index in [9.17, 15) is 0 Å². The van der Waals surface area contributed by atoms with Crippen LogP contribution in [-0.4, -0.2) is 33.9 Å². The fourth-order valence-electron chi connectivity index (χ4n) is 1.70. The van der Waals surface area contributed by atoms with Crippen LogP contribution in [0.2, 0.25) is 0 Å². The third kappa shape index (κ3) is 2.71. The van der Waals surface area contributed by atoms with Gasteiger partial charge in [0.15, 0.2) is 11.5 Å². The van der Waals surface area contributed by atoms with Gasteiger partial charge < -0.3 is 19.5 Å². The van der Waals surface area contributed by atoms with Crippen LogP contribution >= 0.6 is 0 Å². The molecule has 4 heteroatoms. The first-order valence-electron chi connectivity index (χ1n) is 5.64. The summed E-state index contributed by atoms with van der Waals surface area (Å²) in [5.41, 5.74) is 1.04. The second-order valence-corrected chi connectivity index (χ2v) is 3.71. The van der Waals surface area contributed by atoms with Crippen molar-refractivity contribution in [3.05, 3.63) is 23.8 Å². The van der Waals surface area contributed by atoms with Gasteiger partial charge in [0.1, 0.15) is 13.2 Å². The van der Waals surface area contributed by atoms with Crippen molar-refractivity contribution < 1.29 is 14.2 Å². The monoisotopic (exact) mass is 235 g/mol. The van der Waals surface area contributed by atoms with E-state index in [-0.39, 0.29) is 0 Å². The summed E-state index contributed by atoms with van der Waals surface area (Å²) >= 11 is 0. The Labute approximate surface area is 101 Å². The molecule has 0 saturated heterocycles. The molecule has 1 heterocycles. The number of benzene rings is 1. The number of ether oxygens (including phenoxy) is 3. The fourth-order valence-corrected chi connectivity index (χ4v) is 1.70. The minimum absolute atomic E-state index is 0.568. The average Bonchev–Trinajstić information content (AvgIpc) is 2.38. The molecule has 1 aromatic carbocycles. The van der Waals surface area contributed by atoms with Crippen molar-refractivity contribution in [1.29, 1.82) is 0 Å². The summed E-state index contributed by atoms with van der Waals surface area (Å²) in [4.78, 5) is 0. The summed E-state index contributed by atoms with van der Waals surface area (Å²) in [6, 6.07) is 3.91. The van der Waals surface area contributed by atoms with Crippen LogP contribution in [0.4, 0.5) is 0 Å². The summed E-state index contributed by atoms with van der Waals surface area (Å²) < 4.78 is 16.4. The van der Waals surface area contributed by atoms with E-state index in [1.54, 1.807) is 7.11 Å². The predicted octanol–water partition coefficient (Wildman–Crippen LogP) is 1.70. The molecule has 17 heavy (non-hydrogen) atoms. The largest absolute Gasteiger partial charge is 0.493 e. The van der Waals surface area contributed by atoms with Crippen molar-refractivity contribution in [3.8, 4) is 17.2 Å². The molecule has 0 aromatic heterocycles. The molecule has 0 spiro atoms. The van der Waals surface area contributed by atoms with Crippen LogP contribution < -0.4 is 19.5 Å². The van der Waals surface area contributed by atoms with Gasteiger partial charge in [-0.05, 0) is 24.7 Å². The Bertz CT molecular complexity index is 398. The van der Waals surface area contributed by atoms with Crippen LogP contribution in [0.3, 0.4) is 0 Å². The molecule has 1 N–H and O–H groups in total. The predicted molar refractivity (Wildman–Crippen MR) is 66.9 cm³/mol. The minimum atomic E-state index is 0.568. The molecule has 0 unspecified atom stereocenters. The number of fused-ring (bicyclic) bond motifs is 1. The molecule has 0 aliphatic carbocycles. The summed E-state index contributed by atoms with van der Waals surface area (Å²) in [5, 5.41) is 3.05. The zero-order valence-corrected chi connectivity index (χ0v) is 10.2. The Kier molecular flexibility index (Phi) is 3.88. The number of hydrogen-bond acceptors (Lipinski definition) is 4. The van der Waals surface area contributed by atoms with E-state index in [0.29, 0.717) is 24.7 Å². The third-order valence-corrected chi connectivity index (χ3v) is 2.48. The lowest BCUT2D eigenvalue weighted by molar-refractivity contribution is 0.165. The van der Waals surface area contributed by atoms with Crippen molar-refractivity contribution >= 4 is 6.08 Å². The number of rotatable bonds is 4. The Morgan fingerprint density at radius 1 is 1.35 bits per heavy atom. The van der Waals surface area contributed by atoms with Gasteiger partial charge in [-0.2, -0.15) is 0 Å². The molecule has 0 saturated carbocycles. The van der Waals surface area contributed by atoms with Crippen LogP contribution in [0, 0.1) is 0 Å². The normalized spacial score (nSPS) is 14.0. The average molecular weight is 235 g/mol.